The van der Waals surface area contributed by atoms with Gasteiger partial charge in [-0.1, -0.05) is 54.6 Å². The number of anilines is 3. The van der Waals surface area contributed by atoms with E-state index >= 15 is 0 Å². The first kappa shape index (κ1) is 29.8. The fourth-order valence-electron chi connectivity index (χ4n) is 4.77. The summed E-state index contributed by atoms with van der Waals surface area (Å²) in [7, 11) is 1.38. The first-order chi connectivity index (χ1) is 20.4. The van der Waals surface area contributed by atoms with Crippen LogP contribution in [0, 0.1) is 0 Å². The molecule has 1 aliphatic heterocycles. The van der Waals surface area contributed by atoms with Crippen LogP contribution >= 0.6 is 35.3 Å². The molecule has 0 saturated carbocycles. The van der Waals surface area contributed by atoms with Crippen LogP contribution in [0.5, 0.6) is 0 Å². The molecular formula is C32H32N4O3S3. The van der Waals surface area contributed by atoms with Gasteiger partial charge < -0.3 is 20.7 Å². The van der Waals surface area contributed by atoms with E-state index in [2.05, 4.69) is 33.0 Å². The van der Waals surface area contributed by atoms with Crippen LogP contribution in [0.15, 0.2) is 89.8 Å². The Morgan fingerprint density at radius 3 is 2.40 bits per heavy atom. The van der Waals surface area contributed by atoms with E-state index in [4.69, 9.17) is 17.0 Å². The fraction of sp³-hybridized carbons (Fsp3) is 0.219. The van der Waals surface area contributed by atoms with Crippen LogP contribution in [0.25, 0.3) is 0 Å². The predicted molar refractivity (Wildman–Crippen MR) is 177 cm³/mol. The van der Waals surface area contributed by atoms with Crippen molar-refractivity contribution < 1.29 is 14.3 Å². The third-order valence-corrected chi connectivity index (χ3v) is 9.25. The summed E-state index contributed by atoms with van der Waals surface area (Å²) >= 11 is 8.35. The molecule has 1 unspecified atom stereocenters. The Labute approximate surface area is 259 Å². The summed E-state index contributed by atoms with van der Waals surface area (Å²) in [5.41, 5.74) is 4.42. The molecule has 4 aromatic rings. The van der Waals surface area contributed by atoms with Crippen LogP contribution in [-0.2, 0) is 29.0 Å². The van der Waals surface area contributed by atoms with Crippen molar-refractivity contribution >= 4 is 68.7 Å². The maximum absolute atomic E-state index is 13.3. The lowest BCUT2D eigenvalue weighted by Gasteiger charge is -2.27. The van der Waals surface area contributed by atoms with Gasteiger partial charge in [0.25, 0.3) is 0 Å². The number of nitrogens with one attached hydrogen (secondary N) is 3. The Morgan fingerprint density at radius 1 is 0.976 bits per heavy atom. The van der Waals surface area contributed by atoms with Crippen molar-refractivity contribution in [2.75, 3.05) is 29.6 Å². The lowest BCUT2D eigenvalue weighted by Crippen LogP contribution is -2.29. The Bertz CT molecular complexity index is 1560. The Balaban J connectivity index is 1.23. The molecule has 7 nitrogen and oxygen atoms in total. The first-order valence-electron chi connectivity index (χ1n) is 13.6. The zero-order valence-corrected chi connectivity index (χ0v) is 25.8. The van der Waals surface area contributed by atoms with Crippen molar-refractivity contribution in [1.29, 1.82) is 0 Å². The minimum absolute atomic E-state index is 0.176. The number of hydrogen-bond donors (Lipinski definition) is 3. The normalized spacial score (nSPS) is 13.5. The minimum atomic E-state index is -0.418. The average molecular weight is 617 g/mol. The molecule has 1 aromatic heterocycles. The van der Waals surface area contributed by atoms with E-state index in [0.717, 1.165) is 52.8 Å². The molecule has 2 heterocycles. The standard InChI is InChI=1S/C32H32N4O3S3/c1-21(41-25-15-9-14-24(18-25)34-32(40)33-23-12-7-4-8-13-23)29(37)35-30-28(31(38)39-2)26-16-17-36(20-27(26)42-30)19-22-10-5-3-6-11-22/h3-15,18,21H,16-17,19-20H2,1-2H3,(H,35,37)(H2,33,34,40). The summed E-state index contributed by atoms with van der Waals surface area (Å²) in [6, 6.07) is 27.8. The van der Waals surface area contributed by atoms with Crippen LogP contribution in [0.1, 0.15) is 33.3 Å². The minimum Gasteiger partial charge on any atom is -0.465 e. The zero-order valence-electron chi connectivity index (χ0n) is 23.4. The molecule has 1 aliphatic rings. The Hall–Kier alpha value is -3.70. The van der Waals surface area contributed by atoms with Crippen LogP contribution in [0.3, 0.4) is 0 Å². The van der Waals surface area contributed by atoms with Crippen LogP contribution in [-0.4, -0.2) is 40.8 Å². The number of thiocarbonyl (C=S) groups is 1. The highest BCUT2D eigenvalue weighted by molar-refractivity contribution is 8.00. The summed E-state index contributed by atoms with van der Waals surface area (Å²) in [5.74, 6) is -0.594. The Morgan fingerprint density at radius 2 is 1.67 bits per heavy atom. The molecule has 0 radical (unpaired) electrons. The molecule has 3 N–H and O–H groups in total. The number of para-hydroxylation sites is 1. The van der Waals surface area contributed by atoms with E-state index < -0.39 is 11.2 Å². The lowest BCUT2D eigenvalue weighted by atomic mass is 10.0. The number of thiophene rings is 1. The average Bonchev–Trinajstić information content (AvgIpc) is 3.34. The van der Waals surface area contributed by atoms with E-state index in [9.17, 15) is 9.59 Å². The summed E-state index contributed by atoms with van der Waals surface area (Å²) in [6.45, 7) is 4.24. The highest BCUT2D eigenvalue weighted by Crippen LogP contribution is 2.38. The number of carbonyl (C=O) groups is 2. The SMILES string of the molecule is COC(=O)c1c(NC(=O)C(C)Sc2cccc(NC(=S)Nc3ccccc3)c2)sc2c1CCN(Cc1ccccc1)C2. The second-order valence-corrected chi connectivity index (χ2v) is 12.8. The highest BCUT2D eigenvalue weighted by atomic mass is 32.2. The van der Waals surface area contributed by atoms with Crippen molar-refractivity contribution in [3.63, 3.8) is 0 Å². The third kappa shape index (κ3) is 7.57. The van der Waals surface area contributed by atoms with Crippen molar-refractivity contribution in [2.24, 2.45) is 0 Å². The van der Waals surface area contributed by atoms with Gasteiger partial charge in [-0.25, -0.2) is 4.79 Å². The van der Waals surface area contributed by atoms with E-state index in [1.165, 1.54) is 35.8 Å². The Kier molecular flexibility index (Phi) is 9.91. The summed E-state index contributed by atoms with van der Waals surface area (Å²) in [6.07, 6.45) is 0.726. The number of methoxy groups -OCH3 is 1. The van der Waals surface area contributed by atoms with E-state index in [0.29, 0.717) is 15.7 Å². The number of ether oxygens (including phenoxy) is 1. The molecule has 3 aromatic carbocycles. The van der Waals surface area contributed by atoms with Crippen LogP contribution in [0.4, 0.5) is 16.4 Å². The van der Waals surface area contributed by atoms with Gasteiger partial charge in [0.05, 0.1) is 17.9 Å². The quantitative estimate of drug-likeness (QED) is 0.105. The van der Waals surface area contributed by atoms with Crippen molar-refractivity contribution in [1.82, 2.24) is 4.90 Å². The second-order valence-electron chi connectivity index (χ2n) is 9.87. The maximum Gasteiger partial charge on any atom is 0.341 e. The number of rotatable bonds is 9. The van der Waals surface area contributed by atoms with Gasteiger partial charge >= 0.3 is 5.97 Å². The molecule has 0 spiro atoms. The van der Waals surface area contributed by atoms with Gasteiger partial charge in [0.15, 0.2) is 5.11 Å². The van der Waals surface area contributed by atoms with E-state index in [1.807, 2.05) is 79.7 Å². The monoisotopic (exact) mass is 616 g/mol. The second kappa shape index (κ2) is 14.0. The predicted octanol–water partition coefficient (Wildman–Crippen LogP) is 7.02. The third-order valence-electron chi connectivity index (χ3n) is 6.82. The molecule has 0 bridgehead atoms. The van der Waals surface area contributed by atoms with Crippen molar-refractivity contribution in [3.8, 4) is 0 Å². The van der Waals surface area contributed by atoms with Gasteiger partial charge in [-0.15, -0.1) is 23.1 Å². The molecular weight excluding hydrogens is 585 g/mol. The van der Waals surface area contributed by atoms with Crippen LogP contribution < -0.4 is 16.0 Å². The highest BCUT2D eigenvalue weighted by Gasteiger charge is 2.30. The summed E-state index contributed by atoms with van der Waals surface area (Å²) < 4.78 is 5.12. The van der Waals surface area contributed by atoms with E-state index in [-0.39, 0.29) is 5.91 Å². The van der Waals surface area contributed by atoms with Gasteiger partial charge in [0.2, 0.25) is 5.91 Å². The van der Waals surface area contributed by atoms with E-state index in [1.54, 1.807) is 0 Å². The zero-order chi connectivity index (χ0) is 29.5. The van der Waals surface area contributed by atoms with Crippen LogP contribution in [0.2, 0.25) is 0 Å². The first-order valence-corrected chi connectivity index (χ1v) is 15.7. The number of carbonyl (C=O) groups excluding carboxylic acids is 2. The number of benzene rings is 3. The molecule has 42 heavy (non-hydrogen) atoms. The summed E-state index contributed by atoms with van der Waals surface area (Å²) in [4.78, 5) is 30.5. The van der Waals surface area contributed by atoms with Gasteiger partial charge in [-0.3, -0.25) is 9.69 Å². The number of hydrogen-bond acceptors (Lipinski definition) is 7. The molecule has 0 saturated heterocycles. The van der Waals surface area contributed by atoms with Gasteiger partial charge in [0, 0.05) is 40.8 Å². The number of fused-ring (bicyclic) bond motifs is 1. The number of thioether (sulfide) groups is 1. The molecule has 10 heteroatoms. The molecule has 1 atom stereocenters. The fourth-order valence-corrected chi connectivity index (χ4v) is 7.22. The van der Waals surface area contributed by atoms with Gasteiger partial charge in [-0.05, 0) is 67.0 Å². The smallest absolute Gasteiger partial charge is 0.341 e. The van der Waals surface area contributed by atoms with Crippen molar-refractivity contribution in [2.45, 2.75) is 36.6 Å². The van der Waals surface area contributed by atoms with Crippen molar-refractivity contribution in [3.05, 3.63) is 106 Å². The number of amides is 1. The molecule has 216 valence electrons. The molecule has 0 fully saturated rings. The molecule has 0 aliphatic carbocycles. The number of nitrogens with zero attached hydrogens (tertiary/aromatic N) is 1. The molecule has 5 rings (SSSR count). The van der Waals surface area contributed by atoms with Gasteiger partial charge in [-0.2, -0.15) is 0 Å². The maximum atomic E-state index is 13.3. The number of esters is 1. The van der Waals surface area contributed by atoms with Gasteiger partial charge in [0.1, 0.15) is 5.00 Å². The topological polar surface area (TPSA) is 82.7 Å². The molecule has 1 amide bonds. The largest absolute Gasteiger partial charge is 0.465 e. The summed E-state index contributed by atoms with van der Waals surface area (Å²) in [5, 5.41) is 10.0. The lowest BCUT2D eigenvalue weighted by molar-refractivity contribution is -0.115.